The van der Waals surface area contributed by atoms with Crippen LogP contribution in [-0.2, 0) is 11.3 Å². The molecule has 0 atom stereocenters. The molecule has 0 saturated heterocycles. The van der Waals surface area contributed by atoms with E-state index in [1.807, 2.05) is 48.5 Å². The van der Waals surface area contributed by atoms with Crippen molar-refractivity contribution in [3.05, 3.63) is 83.4 Å². The highest BCUT2D eigenvalue weighted by atomic mass is 16.5. The minimum atomic E-state index is -0.0452. The molecule has 0 aliphatic rings. The molecule has 0 spiro atoms. The number of rotatable bonds is 7. The lowest BCUT2D eigenvalue weighted by molar-refractivity contribution is 0.0943. The second-order valence-corrected chi connectivity index (χ2v) is 6.20. The molecule has 27 heavy (non-hydrogen) atoms. The number of hydrogen-bond acceptors (Lipinski definition) is 4. The van der Waals surface area contributed by atoms with Crippen LogP contribution < -0.4 is 10.3 Å². The smallest absolute Gasteiger partial charge is 0.261 e. The summed E-state index contributed by atoms with van der Waals surface area (Å²) in [7, 11) is 0. The van der Waals surface area contributed by atoms with Crippen molar-refractivity contribution in [3.63, 3.8) is 0 Å². The van der Waals surface area contributed by atoms with E-state index in [2.05, 4.69) is 17.1 Å². The molecule has 5 heteroatoms. The van der Waals surface area contributed by atoms with Gasteiger partial charge in [0.2, 0.25) is 0 Å². The zero-order valence-corrected chi connectivity index (χ0v) is 14.9. The largest absolute Gasteiger partial charge is 0.491 e. The van der Waals surface area contributed by atoms with Crippen molar-refractivity contribution in [2.24, 2.45) is 0 Å². The molecule has 0 unspecified atom stereocenters. The molecule has 0 fully saturated rings. The van der Waals surface area contributed by atoms with Crippen molar-refractivity contribution in [2.45, 2.75) is 6.54 Å². The Bertz CT molecular complexity index is 1120. The van der Waals surface area contributed by atoms with E-state index < -0.39 is 0 Å². The van der Waals surface area contributed by atoms with Gasteiger partial charge >= 0.3 is 0 Å². The zero-order chi connectivity index (χ0) is 18.5. The predicted octanol–water partition coefficient (Wildman–Crippen LogP) is 3.65. The molecule has 4 aromatic rings. The lowest BCUT2D eigenvalue weighted by atomic mass is 10.1. The highest BCUT2D eigenvalue weighted by Crippen LogP contribution is 2.24. The van der Waals surface area contributed by atoms with Crippen LogP contribution >= 0.6 is 0 Å². The van der Waals surface area contributed by atoms with Crippen LogP contribution in [0.5, 0.6) is 5.75 Å². The van der Waals surface area contributed by atoms with E-state index in [9.17, 15) is 4.79 Å². The van der Waals surface area contributed by atoms with E-state index in [0.717, 1.165) is 16.5 Å². The Hall–Kier alpha value is -3.18. The van der Waals surface area contributed by atoms with E-state index in [0.29, 0.717) is 37.3 Å². The molecule has 1 heterocycles. The minimum Gasteiger partial charge on any atom is -0.491 e. The molecular formula is C22H20N2O3. The summed E-state index contributed by atoms with van der Waals surface area (Å²) in [5, 5.41) is 2.87. The summed E-state index contributed by atoms with van der Waals surface area (Å²) in [4.78, 5) is 16.7. The number of nitrogens with zero attached hydrogens (tertiary/aromatic N) is 2. The second kappa shape index (κ2) is 8.01. The summed E-state index contributed by atoms with van der Waals surface area (Å²) >= 11 is 0. The van der Waals surface area contributed by atoms with Gasteiger partial charge in [0, 0.05) is 5.39 Å². The maximum Gasteiger partial charge on any atom is 0.261 e. The maximum atomic E-state index is 12.4. The van der Waals surface area contributed by atoms with E-state index in [1.165, 1.54) is 0 Å². The third-order valence-corrected chi connectivity index (χ3v) is 4.44. The summed E-state index contributed by atoms with van der Waals surface area (Å²) in [6.07, 6.45) is 1.57. The molecule has 1 aromatic heterocycles. The van der Waals surface area contributed by atoms with Crippen molar-refractivity contribution >= 4 is 21.7 Å². The highest BCUT2D eigenvalue weighted by molar-refractivity contribution is 5.88. The molecule has 136 valence electrons. The van der Waals surface area contributed by atoms with E-state index in [-0.39, 0.29) is 5.56 Å². The second-order valence-electron chi connectivity index (χ2n) is 6.20. The van der Waals surface area contributed by atoms with E-state index >= 15 is 0 Å². The standard InChI is InChI=1S/C22H20N2O3/c25-22-19-9-3-4-10-20(19)23-16-24(22)12-13-26-14-15-27-21-11-5-7-17-6-1-2-8-18(17)21/h1-11,16H,12-15H2. The SMILES string of the molecule is O=c1c2ccccc2ncn1CCOCCOc1cccc2ccccc12. The number of para-hydroxylation sites is 1. The fourth-order valence-electron chi connectivity index (χ4n) is 3.06. The van der Waals surface area contributed by atoms with Crippen LogP contribution in [0.15, 0.2) is 77.9 Å². The highest BCUT2D eigenvalue weighted by Gasteiger charge is 2.04. The van der Waals surface area contributed by atoms with Crippen molar-refractivity contribution in [3.8, 4) is 5.75 Å². The van der Waals surface area contributed by atoms with Crippen LogP contribution in [-0.4, -0.2) is 29.4 Å². The Morgan fingerprint density at radius 1 is 0.815 bits per heavy atom. The van der Waals surface area contributed by atoms with Gasteiger partial charge in [-0.25, -0.2) is 4.98 Å². The summed E-state index contributed by atoms with van der Waals surface area (Å²) < 4.78 is 13.1. The molecular weight excluding hydrogens is 340 g/mol. The van der Waals surface area contributed by atoms with Gasteiger partial charge in [-0.05, 0) is 23.6 Å². The van der Waals surface area contributed by atoms with Gasteiger partial charge in [-0.3, -0.25) is 9.36 Å². The van der Waals surface area contributed by atoms with Gasteiger partial charge in [-0.2, -0.15) is 0 Å². The lowest BCUT2D eigenvalue weighted by Crippen LogP contribution is -2.23. The Balaban J connectivity index is 1.28. The molecule has 0 aliphatic carbocycles. The quantitative estimate of drug-likeness (QED) is 0.472. The van der Waals surface area contributed by atoms with Gasteiger partial charge in [0.25, 0.3) is 5.56 Å². The molecule has 0 N–H and O–H groups in total. The Labute approximate surface area is 156 Å². The molecule has 5 nitrogen and oxygen atoms in total. The van der Waals surface area contributed by atoms with Crippen molar-refractivity contribution in [1.29, 1.82) is 0 Å². The van der Waals surface area contributed by atoms with E-state index in [4.69, 9.17) is 9.47 Å². The molecule has 0 aliphatic heterocycles. The molecule has 0 saturated carbocycles. The third kappa shape index (κ3) is 3.83. The first-order chi connectivity index (χ1) is 13.3. The van der Waals surface area contributed by atoms with Crippen molar-refractivity contribution in [1.82, 2.24) is 9.55 Å². The number of aromatic nitrogens is 2. The summed E-state index contributed by atoms with van der Waals surface area (Å²) in [6.45, 7) is 1.81. The lowest BCUT2D eigenvalue weighted by Gasteiger charge is -2.10. The van der Waals surface area contributed by atoms with Crippen LogP contribution in [0.3, 0.4) is 0 Å². The number of fused-ring (bicyclic) bond motifs is 2. The van der Waals surface area contributed by atoms with Crippen LogP contribution in [0.4, 0.5) is 0 Å². The first kappa shape index (κ1) is 17.2. The fraction of sp³-hybridized carbons (Fsp3) is 0.182. The summed E-state index contributed by atoms with van der Waals surface area (Å²) in [6, 6.07) is 21.5. The molecule has 0 amide bonds. The van der Waals surface area contributed by atoms with Gasteiger partial charge in [-0.15, -0.1) is 0 Å². The van der Waals surface area contributed by atoms with Crippen LogP contribution in [0.25, 0.3) is 21.7 Å². The van der Waals surface area contributed by atoms with Crippen molar-refractivity contribution in [2.75, 3.05) is 19.8 Å². The number of hydrogen-bond donors (Lipinski definition) is 0. The predicted molar refractivity (Wildman–Crippen MR) is 106 cm³/mol. The van der Waals surface area contributed by atoms with E-state index in [1.54, 1.807) is 17.0 Å². The molecule has 0 radical (unpaired) electrons. The van der Waals surface area contributed by atoms with Gasteiger partial charge in [0.1, 0.15) is 12.4 Å². The number of ether oxygens (including phenoxy) is 2. The first-order valence-electron chi connectivity index (χ1n) is 8.95. The Morgan fingerprint density at radius 3 is 2.52 bits per heavy atom. The van der Waals surface area contributed by atoms with Gasteiger partial charge in [0.15, 0.2) is 0 Å². The molecule has 0 bridgehead atoms. The normalized spacial score (nSPS) is 11.1. The monoisotopic (exact) mass is 360 g/mol. The maximum absolute atomic E-state index is 12.4. The first-order valence-corrected chi connectivity index (χ1v) is 8.95. The summed E-state index contributed by atoms with van der Waals surface area (Å²) in [5.74, 6) is 0.853. The Morgan fingerprint density at radius 2 is 1.59 bits per heavy atom. The number of benzene rings is 3. The van der Waals surface area contributed by atoms with Crippen LogP contribution in [0.2, 0.25) is 0 Å². The van der Waals surface area contributed by atoms with Gasteiger partial charge in [-0.1, -0.05) is 48.5 Å². The molecule has 3 aromatic carbocycles. The average molecular weight is 360 g/mol. The summed E-state index contributed by atoms with van der Waals surface area (Å²) in [5.41, 5.74) is 0.666. The van der Waals surface area contributed by atoms with Gasteiger partial charge < -0.3 is 9.47 Å². The minimum absolute atomic E-state index is 0.0452. The third-order valence-electron chi connectivity index (χ3n) is 4.44. The fourth-order valence-corrected chi connectivity index (χ4v) is 3.06. The van der Waals surface area contributed by atoms with Crippen molar-refractivity contribution < 1.29 is 9.47 Å². The zero-order valence-electron chi connectivity index (χ0n) is 14.9. The van der Waals surface area contributed by atoms with Gasteiger partial charge in [0.05, 0.1) is 37.0 Å². The molecule has 4 rings (SSSR count). The van der Waals surface area contributed by atoms with Crippen LogP contribution in [0.1, 0.15) is 0 Å². The van der Waals surface area contributed by atoms with Crippen LogP contribution in [0, 0.1) is 0 Å². The average Bonchev–Trinajstić information content (AvgIpc) is 2.72. The Kier molecular flexibility index (Phi) is 5.12. The topological polar surface area (TPSA) is 53.4 Å².